The SMILES string of the molecule is Cc1nn(C)c(C)c1CCN=C(N)Nc1ccc2c(c1)CCC2. The Balaban J connectivity index is 1.60. The number of nitrogens with two attached hydrogens (primary N) is 1. The van der Waals surface area contributed by atoms with Gasteiger partial charge in [-0.1, -0.05) is 6.07 Å². The fourth-order valence-corrected chi connectivity index (χ4v) is 3.30. The number of aromatic nitrogens is 2. The standard InChI is InChI=1S/C18H25N5/c1-12-17(13(2)23(3)22-12)9-10-20-18(19)21-16-8-7-14-5-4-6-15(14)11-16/h7-8,11H,4-6,9-10H2,1-3H3,(H3,19,20,21). The predicted molar refractivity (Wildman–Crippen MR) is 95.0 cm³/mol. The number of rotatable bonds is 4. The Morgan fingerprint density at radius 2 is 2.09 bits per heavy atom. The highest BCUT2D eigenvalue weighted by Gasteiger charge is 2.11. The largest absolute Gasteiger partial charge is 0.370 e. The first kappa shape index (κ1) is 15.6. The first-order valence-electron chi connectivity index (χ1n) is 8.22. The Labute approximate surface area is 137 Å². The minimum Gasteiger partial charge on any atom is -0.370 e. The molecule has 0 atom stereocenters. The number of anilines is 1. The molecule has 1 aromatic carbocycles. The van der Waals surface area contributed by atoms with E-state index in [0.29, 0.717) is 12.5 Å². The Hall–Kier alpha value is -2.30. The van der Waals surface area contributed by atoms with Gasteiger partial charge in [0.15, 0.2) is 5.96 Å². The van der Waals surface area contributed by atoms with Gasteiger partial charge in [0.1, 0.15) is 0 Å². The number of hydrogen-bond donors (Lipinski definition) is 2. The smallest absolute Gasteiger partial charge is 0.193 e. The van der Waals surface area contributed by atoms with Gasteiger partial charge in [-0.15, -0.1) is 0 Å². The van der Waals surface area contributed by atoms with Gasteiger partial charge in [0.2, 0.25) is 0 Å². The van der Waals surface area contributed by atoms with Crippen LogP contribution in [0, 0.1) is 13.8 Å². The van der Waals surface area contributed by atoms with E-state index in [-0.39, 0.29) is 0 Å². The third-order valence-corrected chi connectivity index (χ3v) is 4.67. The summed E-state index contributed by atoms with van der Waals surface area (Å²) in [6.07, 6.45) is 4.48. The van der Waals surface area contributed by atoms with Crippen LogP contribution in [0.25, 0.3) is 0 Å². The van der Waals surface area contributed by atoms with Crippen molar-refractivity contribution in [1.29, 1.82) is 0 Å². The Morgan fingerprint density at radius 1 is 1.30 bits per heavy atom. The normalized spacial score (nSPS) is 14.1. The summed E-state index contributed by atoms with van der Waals surface area (Å²) < 4.78 is 1.92. The third kappa shape index (κ3) is 3.38. The van der Waals surface area contributed by atoms with Gasteiger partial charge in [-0.05, 0) is 68.4 Å². The van der Waals surface area contributed by atoms with E-state index in [2.05, 4.69) is 40.5 Å². The molecule has 0 bridgehead atoms. The van der Waals surface area contributed by atoms with E-state index in [0.717, 1.165) is 17.8 Å². The number of guanidine groups is 1. The lowest BCUT2D eigenvalue weighted by Gasteiger charge is -2.08. The van der Waals surface area contributed by atoms with Crippen LogP contribution in [0.3, 0.4) is 0 Å². The van der Waals surface area contributed by atoms with E-state index in [1.165, 1.54) is 41.6 Å². The van der Waals surface area contributed by atoms with Crippen LogP contribution in [0.1, 0.15) is 34.5 Å². The van der Waals surface area contributed by atoms with Crippen LogP contribution >= 0.6 is 0 Å². The van der Waals surface area contributed by atoms with Gasteiger partial charge in [-0.2, -0.15) is 5.10 Å². The summed E-state index contributed by atoms with van der Waals surface area (Å²) in [6, 6.07) is 6.47. The maximum absolute atomic E-state index is 6.01. The summed E-state index contributed by atoms with van der Waals surface area (Å²) in [5.74, 6) is 0.474. The molecule has 0 unspecified atom stereocenters. The van der Waals surface area contributed by atoms with Gasteiger partial charge in [0, 0.05) is 25.0 Å². The van der Waals surface area contributed by atoms with Crippen molar-refractivity contribution in [2.75, 3.05) is 11.9 Å². The maximum Gasteiger partial charge on any atom is 0.193 e. The number of aryl methyl sites for hydroxylation is 4. The van der Waals surface area contributed by atoms with E-state index in [1.54, 1.807) is 0 Å². The van der Waals surface area contributed by atoms with Crippen molar-refractivity contribution < 1.29 is 0 Å². The van der Waals surface area contributed by atoms with Crippen LogP contribution in [-0.4, -0.2) is 22.3 Å². The minimum atomic E-state index is 0.474. The fraction of sp³-hybridized carbons (Fsp3) is 0.444. The topological polar surface area (TPSA) is 68.2 Å². The van der Waals surface area contributed by atoms with E-state index in [9.17, 15) is 0 Å². The monoisotopic (exact) mass is 311 g/mol. The lowest BCUT2D eigenvalue weighted by molar-refractivity contribution is 0.730. The number of hydrogen-bond acceptors (Lipinski definition) is 2. The average Bonchev–Trinajstić information content (AvgIpc) is 3.06. The predicted octanol–water partition coefficient (Wildman–Crippen LogP) is 2.49. The van der Waals surface area contributed by atoms with Crippen molar-refractivity contribution in [1.82, 2.24) is 9.78 Å². The highest BCUT2D eigenvalue weighted by atomic mass is 15.3. The number of benzene rings is 1. The fourth-order valence-electron chi connectivity index (χ4n) is 3.30. The first-order chi connectivity index (χ1) is 11.0. The van der Waals surface area contributed by atoms with Crippen molar-refractivity contribution in [2.45, 2.75) is 39.5 Å². The van der Waals surface area contributed by atoms with Gasteiger partial charge in [0.05, 0.1) is 5.69 Å². The summed E-state index contributed by atoms with van der Waals surface area (Å²) in [6.45, 7) is 4.79. The number of nitrogens with one attached hydrogen (secondary N) is 1. The molecular weight excluding hydrogens is 286 g/mol. The molecule has 2 aromatic rings. The van der Waals surface area contributed by atoms with E-state index < -0.39 is 0 Å². The van der Waals surface area contributed by atoms with Crippen LogP contribution in [-0.2, 0) is 26.3 Å². The highest BCUT2D eigenvalue weighted by molar-refractivity contribution is 5.92. The molecule has 1 aromatic heterocycles. The van der Waals surface area contributed by atoms with Crippen LogP contribution in [0.2, 0.25) is 0 Å². The lowest BCUT2D eigenvalue weighted by atomic mass is 10.1. The van der Waals surface area contributed by atoms with Crippen molar-refractivity contribution in [3.8, 4) is 0 Å². The summed E-state index contributed by atoms with van der Waals surface area (Å²) in [5.41, 5.74) is 13.5. The zero-order chi connectivity index (χ0) is 16.4. The summed E-state index contributed by atoms with van der Waals surface area (Å²) >= 11 is 0. The van der Waals surface area contributed by atoms with E-state index in [1.807, 2.05) is 18.7 Å². The van der Waals surface area contributed by atoms with E-state index in [4.69, 9.17) is 5.73 Å². The molecule has 1 heterocycles. The van der Waals surface area contributed by atoms with E-state index >= 15 is 0 Å². The molecule has 0 radical (unpaired) electrons. The van der Waals surface area contributed by atoms with Gasteiger partial charge in [-0.3, -0.25) is 9.67 Å². The number of nitrogens with zero attached hydrogens (tertiary/aromatic N) is 3. The highest BCUT2D eigenvalue weighted by Crippen LogP contribution is 2.24. The molecule has 0 amide bonds. The van der Waals surface area contributed by atoms with Crippen molar-refractivity contribution in [3.63, 3.8) is 0 Å². The summed E-state index contributed by atoms with van der Waals surface area (Å²) in [4.78, 5) is 4.45. The van der Waals surface area contributed by atoms with Crippen molar-refractivity contribution in [2.24, 2.45) is 17.8 Å². The van der Waals surface area contributed by atoms with Gasteiger partial charge < -0.3 is 11.1 Å². The maximum atomic E-state index is 6.01. The molecule has 0 fully saturated rings. The van der Waals surface area contributed by atoms with Crippen molar-refractivity contribution in [3.05, 3.63) is 46.3 Å². The Kier molecular flexibility index (Phi) is 4.37. The molecule has 5 heteroatoms. The zero-order valence-electron chi connectivity index (χ0n) is 14.2. The van der Waals surface area contributed by atoms with Crippen LogP contribution in [0.5, 0.6) is 0 Å². The van der Waals surface area contributed by atoms with Gasteiger partial charge in [0.25, 0.3) is 0 Å². The van der Waals surface area contributed by atoms with Crippen LogP contribution in [0.15, 0.2) is 23.2 Å². The quantitative estimate of drug-likeness (QED) is 0.673. The second-order valence-corrected chi connectivity index (χ2v) is 6.25. The molecule has 5 nitrogen and oxygen atoms in total. The summed E-state index contributed by atoms with van der Waals surface area (Å²) in [5, 5.41) is 7.63. The minimum absolute atomic E-state index is 0.474. The molecule has 1 aliphatic rings. The van der Waals surface area contributed by atoms with Gasteiger partial charge >= 0.3 is 0 Å². The molecule has 3 rings (SSSR count). The van der Waals surface area contributed by atoms with Crippen molar-refractivity contribution >= 4 is 11.6 Å². The Bertz CT molecular complexity index is 742. The first-order valence-corrected chi connectivity index (χ1v) is 8.22. The second-order valence-electron chi connectivity index (χ2n) is 6.25. The molecule has 1 aliphatic carbocycles. The average molecular weight is 311 g/mol. The van der Waals surface area contributed by atoms with Crippen LogP contribution < -0.4 is 11.1 Å². The summed E-state index contributed by atoms with van der Waals surface area (Å²) in [7, 11) is 1.97. The molecular formula is C18H25N5. The molecule has 0 saturated carbocycles. The molecule has 3 N–H and O–H groups in total. The molecule has 23 heavy (non-hydrogen) atoms. The second kappa shape index (κ2) is 6.44. The molecule has 0 aliphatic heterocycles. The van der Waals surface area contributed by atoms with Gasteiger partial charge in [-0.25, -0.2) is 0 Å². The zero-order valence-corrected chi connectivity index (χ0v) is 14.2. The third-order valence-electron chi connectivity index (χ3n) is 4.67. The number of aliphatic imine (C=N–C) groups is 1. The lowest BCUT2D eigenvalue weighted by Crippen LogP contribution is -2.23. The molecule has 0 spiro atoms. The van der Waals surface area contributed by atoms with Crippen LogP contribution in [0.4, 0.5) is 5.69 Å². The molecule has 0 saturated heterocycles. The molecule has 122 valence electrons. The number of fused-ring (bicyclic) bond motifs is 1. The Morgan fingerprint density at radius 3 is 2.83 bits per heavy atom.